The minimum absolute atomic E-state index is 0.196. The van der Waals surface area contributed by atoms with E-state index in [1.165, 1.54) is 0 Å². The number of imidazole rings is 1. The molecule has 1 aromatic heterocycles. The fourth-order valence-corrected chi connectivity index (χ4v) is 3.04. The van der Waals surface area contributed by atoms with Crippen LogP contribution in [0.15, 0.2) is 60.9 Å². The molecule has 1 atom stereocenters. The van der Waals surface area contributed by atoms with E-state index >= 15 is 0 Å². The summed E-state index contributed by atoms with van der Waals surface area (Å²) in [6, 6.07) is 14.5. The Bertz CT molecular complexity index is 922. The zero-order valence-electron chi connectivity index (χ0n) is 16.1. The summed E-state index contributed by atoms with van der Waals surface area (Å²) in [6.45, 7) is 0.471. The van der Waals surface area contributed by atoms with E-state index in [2.05, 4.69) is 10.3 Å². The molecule has 6 nitrogen and oxygen atoms in total. The summed E-state index contributed by atoms with van der Waals surface area (Å²) in [6.07, 6.45) is 3.57. The number of methoxy groups -OCH3 is 1. The quantitative estimate of drug-likeness (QED) is 0.682. The summed E-state index contributed by atoms with van der Waals surface area (Å²) < 4.78 is 7.13. The lowest BCUT2D eigenvalue weighted by Gasteiger charge is -2.24. The third kappa shape index (κ3) is 4.64. The van der Waals surface area contributed by atoms with Gasteiger partial charge in [-0.2, -0.15) is 0 Å². The maximum Gasteiger partial charge on any atom is 0.318 e. The molecule has 2 amide bonds. The molecular weight excluding hydrogens is 376 g/mol. The molecule has 0 radical (unpaired) electrons. The minimum Gasteiger partial charge on any atom is -0.497 e. The number of hydrogen-bond donors (Lipinski definition) is 1. The largest absolute Gasteiger partial charge is 0.497 e. The Labute approximate surface area is 169 Å². The summed E-state index contributed by atoms with van der Waals surface area (Å²) in [5, 5.41) is 3.75. The first-order valence-electron chi connectivity index (χ1n) is 8.85. The second-order valence-electron chi connectivity index (χ2n) is 6.53. The van der Waals surface area contributed by atoms with E-state index in [-0.39, 0.29) is 12.1 Å². The van der Waals surface area contributed by atoms with Crippen molar-refractivity contribution in [2.75, 3.05) is 14.2 Å². The summed E-state index contributed by atoms with van der Waals surface area (Å²) in [5.74, 6) is 1.51. The minimum atomic E-state index is -0.383. The first kappa shape index (κ1) is 19.8. The third-order valence-corrected chi connectivity index (χ3v) is 4.77. The number of carbonyl (C=O) groups excluding carboxylic acids is 1. The molecule has 0 saturated heterocycles. The Morgan fingerprint density at radius 3 is 2.46 bits per heavy atom. The van der Waals surface area contributed by atoms with Crippen molar-refractivity contribution < 1.29 is 9.53 Å². The highest BCUT2D eigenvalue weighted by atomic mass is 35.5. The van der Waals surface area contributed by atoms with E-state index in [1.807, 2.05) is 66.3 Å². The first-order chi connectivity index (χ1) is 13.5. The van der Waals surface area contributed by atoms with Crippen LogP contribution in [0.4, 0.5) is 4.79 Å². The number of nitrogens with zero attached hydrogens (tertiary/aromatic N) is 3. The third-order valence-electron chi connectivity index (χ3n) is 4.51. The van der Waals surface area contributed by atoms with Crippen LogP contribution in [0, 0.1) is 0 Å². The number of aromatic nitrogens is 2. The van der Waals surface area contributed by atoms with Crippen molar-refractivity contribution in [1.82, 2.24) is 19.8 Å². The smallest absolute Gasteiger partial charge is 0.318 e. The van der Waals surface area contributed by atoms with Crippen LogP contribution in [0.2, 0.25) is 5.02 Å². The van der Waals surface area contributed by atoms with Crippen molar-refractivity contribution in [3.63, 3.8) is 0 Å². The lowest BCUT2D eigenvalue weighted by Crippen LogP contribution is -2.40. The zero-order valence-corrected chi connectivity index (χ0v) is 16.8. The molecule has 3 aromatic rings. The van der Waals surface area contributed by atoms with Gasteiger partial charge in [0, 0.05) is 38.1 Å². The van der Waals surface area contributed by atoms with Crippen molar-refractivity contribution in [2.45, 2.75) is 12.6 Å². The van der Waals surface area contributed by atoms with E-state index < -0.39 is 0 Å². The maximum absolute atomic E-state index is 12.9. The van der Waals surface area contributed by atoms with Gasteiger partial charge in [0.25, 0.3) is 0 Å². The fourth-order valence-electron chi connectivity index (χ4n) is 2.92. The number of ether oxygens (including phenoxy) is 1. The Hall–Kier alpha value is -2.99. The van der Waals surface area contributed by atoms with Crippen LogP contribution in [0.1, 0.15) is 23.0 Å². The number of carbonyl (C=O) groups is 1. The van der Waals surface area contributed by atoms with Crippen molar-refractivity contribution in [1.29, 1.82) is 0 Å². The summed E-state index contributed by atoms with van der Waals surface area (Å²) in [7, 11) is 5.29. The van der Waals surface area contributed by atoms with Crippen LogP contribution < -0.4 is 10.1 Å². The highest BCUT2D eigenvalue weighted by Gasteiger charge is 2.22. The van der Waals surface area contributed by atoms with Crippen LogP contribution >= 0.6 is 11.6 Å². The molecule has 146 valence electrons. The van der Waals surface area contributed by atoms with E-state index in [4.69, 9.17) is 16.3 Å². The molecule has 3 rings (SSSR count). The van der Waals surface area contributed by atoms with Gasteiger partial charge in [-0.25, -0.2) is 9.78 Å². The predicted molar refractivity (Wildman–Crippen MR) is 109 cm³/mol. The van der Waals surface area contributed by atoms with Gasteiger partial charge in [0.15, 0.2) is 0 Å². The summed E-state index contributed by atoms with van der Waals surface area (Å²) in [5.41, 5.74) is 1.92. The summed E-state index contributed by atoms with van der Waals surface area (Å²) >= 11 is 5.93. The molecule has 0 aliphatic carbocycles. The van der Waals surface area contributed by atoms with E-state index in [1.54, 1.807) is 25.3 Å². The molecule has 28 heavy (non-hydrogen) atoms. The number of benzene rings is 2. The van der Waals surface area contributed by atoms with Crippen molar-refractivity contribution in [3.8, 4) is 5.75 Å². The Balaban J connectivity index is 1.79. The van der Waals surface area contributed by atoms with Gasteiger partial charge in [-0.05, 0) is 35.4 Å². The van der Waals surface area contributed by atoms with Crippen LogP contribution in [0.5, 0.6) is 5.75 Å². The number of aryl methyl sites for hydroxylation is 1. The molecule has 1 heterocycles. The molecule has 0 aliphatic rings. The lowest BCUT2D eigenvalue weighted by atomic mass is 10.1. The molecule has 1 N–H and O–H groups in total. The number of nitrogens with one attached hydrogen (secondary N) is 1. The molecule has 1 unspecified atom stereocenters. The number of rotatable bonds is 6. The van der Waals surface area contributed by atoms with Crippen LogP contribution in [-0.4, -0.2) is 34.6 Å². The highest BCUT2D eigenvalue weighted by Crippen LogP contribution is 2.23. The van der Waals surface area contributed by atoms with Gasteiger partial charge in [-0.15, -0.1) is 0 Å². The SMILES string of the molecule is COc1ccc(C(NC(=O)N(C)Cc2ccc(Cl)cc2)c2nccn2C)cc1. The molecular formula is C21H23ClN4O2. The number of amides is 2. The molecule has 0 saturated carbocycles. The molecule has 0 fully saturated rings. The Kier molecular flexibility index (Phi) is 6.21. The maximum atomic E-state index is 12.9. The van der Waals surface area contributed by atoms with Gasteiger partial charge in [0.1, 0.15) is 17.6 Å². The predicted octanol–water partition coefficient (Wildman–Crippen LogP) is 4.01. The standard InChI is InChI=1S/C21H23ClN4O2/c1-25-13-12-23-20(25)19(16-6-10-18(28-3)11-7-16)24-21(27)26(2)14-15-4-8-17(22)9-5-15/h4-13,19H,14H2,1-3H3,(H,24,27). The zero-order chi connectivity index (χ0) is 20.1. The summed E-state index contributed by atoms with van der Waals surface area (Å²) in [4.78, 5) is 18.9. The van der Waals surface area contributed by atoms with Gasteiger partial charge < -0.3 is 19.5 Å². The lowest BCUT2D eigenvalue weighted by molar-refractivity contribution is 0.204. The molecule has 2 aromatic carbocycles. The molecule has 0 spiro atoms. The number of urea groups is 1. The normalized spacial score (nSPS) is 11.7. The van der Waals surface area contributed by atoms with Gasteiger partial charge >= 0.3 is 6.03 Å². The van der Waals surface area contributed by atoms with Gasteiger partial charge in [-0.1, -0.05) is 35.9 Å². The van der Waals surface area contributed by atoms with Crippen LogP contribution in [-0.2, 0) is 13.6 Å². The molecule has 0 bridgehead atoms. The highest BCUT2D eigenvalue weighted by molar-refractivity contribution is 6.30. The topological polar surface area (TPSA) is 59.4 Å². The molecule has 7 heteroatoms. The fraction of sp³-hybridized carbons (Fsp3) is 0.238. The number of halogens is 1. The average Bonchev–Trinajstić information content (AvgIpc) is 3.13. The first-order valence-corrected chi connectivity index (χ1v) is 9.23. The van der Waals surface area contributed by atoms with Gasteiger partial charge in [-0.3, -0.25) is 0 Å². The molecule has 0 aliphatic heterocycles. The van der Waals surface area contributed by atoms with Crippen LogP contribution in [0.3, 0.4) is 0 Å². The second-order valence-corrected chi connectivity index (χ2v) is 6.97. The van der Waals surface area contributed by atoms with E-state index in [9.17, 15) is 4.79 Å². The second kappa shape index (κ2) is 8.80. The van der Waals surface area contributed by atoms with E-state index in [0.29, 0.717) is 11.6 Å². The number of hydrogen-bond acceptors (Lipinski definition) is 3. The monoisotopic (exact) mass is 398 g/mol. The van der Waals surface area contributed by atoms with E-state index in [0.717, 1.165) is 22.7 Å². The van der Waals surface area contributed by atoms with Gasteiger partial charge in [0.05, 0.1) is 7.11 Å². The van der Waals surface area contributed by atoms with Crippen LogP contribution in [0.25, 0.3) is 0 Å². The van der Waals surface area contributed by atoms with Crippen molar-refractivity contribution in [3.05, 3.63) is 82.9 Å². The van der Waals surface area contributed by atoms with Crippen molar-refractivity contribution >= 4 is 17.6 Å². The average molecular weight is 399 g/mol. The Morgan fingerprint density at radius 2 is 1.89 bits per heavy atom. The Morgan fingerprint density at radius 1 is 1.21 bits per heavy atom. The van der Waals surface area contributed by atoms with Crippen molar-refractivity contribution in [2.24, 2.45) is 7.05 Å². The van der Waals surface area contributed by atoms with Gasteiger partial charge in [0.2, 0.25) is 0 Å².